The van der Waals surface area contributed by atoms with E-state index in [2.05, 4.69) is 10.6 Å². The van der Waals surface area contributed by atoms with Gasteiger partial charge in [0.05, 0.1) is 0 Å². The molecule has 4 rings (SSSR count). The summed E-state index contributed by atoms with van der Waals surface area (Å²) in [6.07, 6.45) is -5.83. The van der Waals surface area contributed by atoms with Gasteiger partial charge < -0.3 is 20.3 Å². The van der Waals surface area contributed by atoms with Crippen molar-refractivity contribution in [2.24, 2.45) is 0 Å². The molecule has 0 aromatic heterocycles. The Morgan fingerprint density at radius 1 is 1.13 bits per heavy atom. The zero-order valence-corrected chi connectivity index (χ0v) is 20.7. The molecule has 39 heavy (non-hydrogen) atoms. The van der Waals surface area contributed by atoms with Gasteiger partial charge in [0.1, 0.15) is 24.2 Å². The summed E-state index contributed by atoms with van der Waals surface area (Å²) in [7, 11) is 1.43. The first-order valence-electron chi connectivity index (χ1n) is 11.7. The molecular weight excluding hydrogens is 531 g/mol. The van der Waals surface area contributed by atoms with E-state index >= 15 is 0 Å². The summed E-state index contributed by atoms with van der Waals surface area (Å²) in [6.45, 7) is -1.24. The van der Waals surface area contributed by atoms with Crippen molar-refractivity contribution in [1.82, 2.24) is 15.1 Å². The molecule has 0 saturated carbocycles. The number of imide groups is 1. The van der Waals surface area contributed by atoms with Gasteiger partial charge in [0.2, 0.25) is 11.5 Å². The molecule has 1 aliphatic heterocycles. The molecule has 1 heterocycles. The van der Waals surface area contributed by atoms with Gasteiger partial charge in [-0.2, -0.15) is 13.2 Å². The van der Waals surface area contributed by atoms with E-state index in [4.69, 9.17) is 4.74 Å². The molecule has 2 aromatic rings. The Hall–Kier alpha value is -4.23. The van der Waals surface area contributed by atoms with Crippen molar-refractivity contribution in [2.75, 3.05) is 18.9 Å². The van der Waals surface area contributed by atoms with Gasteiger partial charge in [-0.3, -0.25) is 9.59 Å². The number of fused-ring (bicyclic) bond motifs is 2. The topological polar surface area (TPSA) is 108 Å². The molecule has 0 bridgehead atoms. The number of ether oxygens (including phenoxy) is 1. The van der Waals surface area contributed by atoms with Gasteiger partial charge in [0, 0.05) is 37.3 Å². The van der Waals surface area contributed by atoms with E-state index in [1.165, 1.54) is 19.2 Å². The van der Waals surface area contributed by atoms with Crippen molar-refractivity contribution in [2.45, 2.75) is 44.1 Å². The maximum absolute atomic E-state index is 13.6. The minimum atomic E-state index is -4.91. The van der Waals surface area contributed by atoms with Crippen LogP contribution in [0.25, 0.3) is 0 Å². The summed E-state index contributed by atoms with van der Waals surface area (Å²) in [5, 5.41) is 4.96. The second kappa shape index (κ2) is 10.2. The van der Waals surface area contributed by atoms with Gasteiger partial charge in [-0.15, -0.1) is 0 Å². The molecule has 2 atom stereocenters. The lowest BCUT2D eigenvalue weighted by Crippen LogP contribution is -2.51. The summed E-state index contributed by atoms with van der Waals surface area (Å²) in [6, 6.07) is 3.77. The van der Waals surface area contributed by atoms with Gasteiger partial charge >= 0.3 is 18.3 Å². The lowest BCUT2D eigenvalue weighted by Gasteiger charge is -2.31. The number of nitrogens with one attached hydrogen (secondary N) is 2. The van der Waals surface area contributed by atoms with Crippen LogP contribution in [-0.4, -0.2) is 59.5 Å². The van der Waals surface area contributed by atoms with Crippen LogP contribution in [0.1, 0.15) is 30.0 Å². The zero-order chi connectivity index (χ0) is 28.7. The van der Waals surface area contributed by atoms with Crippen LogP contribution in [0.15, 0.2) is 36.4 Å². The van der Waals surface area contributed by atoms with E-state index in [0.29, 0.717) is 39.6 Å². The molecule has 5 amide bonds. The molecule has 1 spiro atoms. The highest BCUT2D eigenvalue weighted by Gasteiger charge is 2.58. The van der Waals surface area contributed by atoms with Crippen molar-refractivity contribution in [3.8, 4) is 0 Å². The van der Waals surface area contributed by atoms with Gasteiger partial charge in [0.25, 0.3) is 5.91 Å². The quantitative estimate of drug-likeness (QED) is 0.528. The predicted octanol–water partition coefficient (Wildman–Crippen LogP) is 3.82. The summed E-state index contributed by atoms with van der Waals surface area (Å²) < 4.78 is 73.4. The van der Waals surface area contributed by atoms with Crippen molar-refractivity contribution in [1.29, 1.82) is 0 Å². The third kappa shape index (κ3) is 5.36. The van der Waals surface area contributed by atoms with E-state index < -0.39 is 66.5 Å². The van der Waals surface area contributed by atoms with Gasteiger partial charge in [0.15, 0.2) is 0 Å². The summed E-state index contributed by atoms with van der Waals surface area (Å²) >= 11 is 0. The van der Waals surface area contributed by atoms with E-state index in [1.807, 2.05) is 0 Å². The first-order chi connectivity index (χ1) is 18.2. The van der Waals surface area contributed by atoms with Crippen molar-refractivity contribution < 1.29 is 45.9 Å². The SMILES string of the molecule is CNC(=O)Nc1ccc2c(c1)CC[C@@]21OC(=O)N(CC(=O)N(Cc2cc(F)cc(F)c2)[C@@H](C)C(F)(F)F)C1=O. The van der Waals surface area contributed by atoms with Crippen LogP contribution in [0.5, 0.6) is 0 Å². The zero-order valence-electron chi connectivity index (χ0n) is 20.7. The molecule has 0 unspecified atom stereocenters. The van der Waals surface area contributed by atoms with Crippen molar-refractivity contribution in [3.63, 3.8) is 0 Å². The number of hydrogen-bond acceptors (Lipinski definition) is 5. The number of anilines is 1. The van der Waals surface area contributed by atoms with Crippen LogP contribution in [0.4, 0.5) is 37.2 Å². The minimum absolute atomic E-state index is 0.0201. The largest absolute Gasteiger partial charge is 0.427 e. The van der Waals surface area contributed by atoms with Crippen LogP contribution in [0, 0.1) is 11.6 Å². The Kier molecular flexibility index (Phi) is 7.23. The molecule has 0 radical (unpaired) electrons. The van der Waals surface area contributed by atoms with Crippen LogP contribution in [0.2, 0.25) is 0 Å². The van der Waals surface area contributed by atoms with Gasteiger partial charge in [-0.1, -0.05) is 6.07 Å². The predicted molar refractivity (Wildman–Crippen MR) is 125 cm³/mol. The first-order valence-corrected chi connectivity index (χ1v) is 11.7. The summed E-state index contributed by atoms with van der Waals surface area (Å²) in [4.78, 5) is 51.5. The molecule has 2 aliphatic rings. The number of urea groups is 1. The Balaban J connectivity index is 1.58. The van der Waals surface area contributed by atoms with E-state index in [9.17, 15) is 41.1 Å². The number of carbonyl (C=O) groups is 4. The van der Waals surface area contributed by atoms with E-state index in [-0.39, 0.29) is 18.4 Å². The highest BCUT2D eigenvalue weighted by molar-refractivity contribution is 6.06. The molecule has 2 aromatic carbocycles. The first kappa shape index (κ1) is 27.8. The Morgan fingerprint density at radius 2 is 1.79 bits per heavy atom. The van der Waals surface area contributed by atoms with Crippen LogP contribution in [-0.2, 0) is 32.9 Å². The van der Waals surface area contributed by atoms with E-state index in [0.717, 1.165) is 12.1 Å². The Morgan fingerprint density at radius 3 is 2.41 bits per heavy atom. The third-order valence-electron chi connectivity index (χ3n) is 6.67. The Bertz CT molecular complexity index is 1330. The smallest absolute Gasteiger partial charge is 0.418 e. The minimum Gasteiger partial charge on any atom is -0.427 e. The molecule has 208 valence electrons. The van der Waals surface area contributed by atoms with Crippen LogP contribution < -0.4 is 10.6 Å². The monoisotopic (exact) mass is 554 g/mol. The molecule has 9 nitrogen and oxygen atoms in total. The maximum Gasteiger partial charge on any atom is 0.418 e. The van der Waals surface area contributed by atoms with Crippen molar-refractivity contribution >= 4 is 29.6 Å². The second-order valence-electron chi connectivity index (χ2n) is 9.18. The lowest BCUT2D eigenvalue weighted by atomic mass is 9.94. The fourth-order valence-corrected chi connectivity index (χ4v) is 4.67. The molecule has 2 N–H and O–H groups in total. The third-order valence-corrected chi connectivity index (χ3v) is 6.67. The second-order valence-corrected chi connectivity index (χ2v) is 9.18. The fraction of sp³-hybridized carbons (Fsp3) is 0.360. The number of carbonyl (C=O) groups excluding carboxylic acids is 4. The number of rotatable bonds is 6. The average Bonchev–Trinajstić information content (AvgIpc) is 3.32. The standard InChI is InChI=1S/C25H23F5N4O5/c1-13(25(28,29)30)33(11-14-7-16(26)10-17(27)8-14)20(35)12-34-21(36)24(39-23(34)38)6-5-15-9-18(3-4-19(15)24)32-22(37)31-2/h3-4,7-10,13H,5-6,11-12H2,1-2H3,(H2,31,32,37)/t13-,24+/m0/s1. The summed E-state index contributed by atoms with van der Waals surface area (Å²) in [5.41, 5.74) is -0.688. The normalized spacial score (nSPS) is 19.1. The van der Waals surface area contributed by atoms with Gasteiger partial charge in [-0.05, 0) is 48.7 Å². The van der Waals surface area contributed by atoms with Crippen LogP contribution in [0.3, 0.4) is 0 Å². The Labute approximate surface area is 218 Å². The number of aryl methyl sites for hydroxylation is 1. The highest BCUT2D eigenvalue weighted by Crippen LogP contribution is 2.46. The van der Waals surface area contributed by atoms with Crippen molar-refractivity contribution in [3.05, 3.63) is 64.7 Å². The number of amides is 5. The number of alkyl halides is 3. The number of nitrogens with zero attached hydrogens (tertiary/aromatic N) is 2. The summed E-state index contributed by atoms with van der Waals surface area (Å²) in [5.74, 6) is -4.31. The van der Waals surface area contributed by atoms with E-state index in [1.54, 1.807) is 6.07 Å². The molecular formula is C25H23F5N4O5. The highest BCUT2D eigenvalue weighted by atomic mass is 19.4. The van der Waals surface area contributed by atoms with Crippen LogP contribution >= 0.6 is 0 Å². The fourth-order valence-electron chi connectivity index (χ4n) is 4.67. The number of benzene rings is 2. The molecule has 1 aliphatic carbocycles. The molecule has 1 fully saturated rings. The average molecular weight is 554 g/mol. The maximum atomic E-state index is 13.6. The number of hydrogen-bond donors (Lipinski definition) is 2. The molecule has 14 heteroatoms. The number of halogens is 5. The lowest BCUT2D eigenvalue weighted by molar-refractivity contribution is -0.187. The van der Waals surface area contributed by atoms with Gasteiger partial charge in [-0.25, -0.2) is 23.3 Å². The molecule has 1 saturated heterocycles.